The van der Waals surface area contributed by atoms with Gasteiger partial charge < -0.3 is 5.11 Å². The Morgan fingerprint density at radius 3 is 2.75 bits per heavy atom. The molecular formula is C13H17FN4O2. The van der Waals surface area contributed by atoms with Crippen molar-refractivity contribution in [3.63, 3.8) is 0 Å². The Morgan fingerprint density at radius 1 is 1.50 bits per heavy atom. The standard InChI is InChI=1S/C13H17FN4O2/c1-4-11(9(3)19)18-13(20)17(7-16-18)12-10(14)5-8(2)6-15-12/h5-7,9,11,19H,4H2,1-3H3/t9-,11+/m1/s1. The molecule has 0 amide bonds. The average molecular weight is 280 g/mol. The van der Waals surface area contributed by atoms with Gasteiger partial charge in [-0.2, -0.15) is 5.10 Å². The molecule has 2 aromatic heterocycles. The number of hydrogen-bond donors (Lipinski definition) is 1. The molecule has 0 aliphatic rings. The lowest BCUT2D eigenvalue weighted by molar-refractivity contribution is 0.118. The molecule has 7 heteroatoms. The molecule has 2 atom stereocenters. The zero-order chi connectivity index (χ0) is 14.9. The third-order valence-electron chi connectivity index (χ3n) is 3.17. The van der Waals surface area contributed by atoms with Gasteiger partial charge in [0.2, 0.25) is 0 Å². The second-order valence-electron chi connectivity index (χ2n) is 4.76. The average Bonchev–Trinajstić information content (AvgIpc) is 2.73. The van der Waals surface area contributed by atoms with E-state index in [4.69, 9.17) is 0 Å². The van der Waals surface area contributed by atoms with E-state index < -0.39 is 23.7 Å². The van der Waals surface area contributed by atoms with Gasteiger partial charge in [0.15, 0.2) is 11.6 Å². The van der Waals surface area contributed by atoms with Crippen LogP contribution in [0.1, 0.15) is 31.9 Å². The van der Waals surface area contributed by atoms with Gasteiger partial charge in [-0.05, 0) is 31.9 Å². The van der Waals surface area contributed by atoms with E-state index in [-0.39, 0.29) is 5.82 Å². The van der Waals surface area contributed by atoms with Crippen LogP contribution in [0.3, 0.4) is 0 Å². The van der Waals surface area contributed by atoms with Crippen LogP contribution in [0, 0.1) is 12.7 Å². The predicted molar refractivity (Wildman–Crippen MR) is 71.3 cm³/mol. The van der Waals surface area contributed by atoms with Gasteiger partial charge in [-0.3, -0.25) is 0 Å². The molecule has 0 unspecified atom stereocenters. The Labute approximate surface area is 115 Å². The van der Waals surface area contributed by atoms with Crippen LogP contribution in [0.2, 0.25) is 0 Å². The fraction of sp³-hybridized carbons (Fsp3) is 0.462. The lowest BCUT2D eigenvalue weighted by Crippen LogP contribution is -2.33. The summed E-state index contributed by atoms with van der Waals surface area (Å²) in [6, 6.07) is 0.857. The summed E-state index contributed by atoms with van der Waals surface area (Å²) in [5, 5.41) is 13.6. The number of aliphatic hydroxyl groups excluding tert-OH is 1. The highest BCUT2D eigenvalue weighted by molar-refractivity contribution is 5.26. The summed E-state index contributed by atoms with van der Waals surface area (Å²) in [6.07, 6.45) is 2.51. The molecule has 0 aliphatic carbocycles. The van der Waals surface area contributed by atoms with E-state index in [1.54, 1.807) is 13.8 Å². The molecule has 108 valence electrons. The number of halogens is 1. The predicted octanol–water partition coefficient (Wildman–Crippen LogP) is 1.21. The number of rotatable bonds is 4. The van der Waals surface area contributed by atoms with Crippen molar-refractivity contribution in [3.05, 3.63) is 40.5 Å². The van der Waals surface area contributed by atoms with Crippen molar-refractivity contribution < 1.29 is 9.50 Å². The fourth-order valence-corrected chi connectivity index (χ4v) is 2.11. The summed E-state index contributed by atoms with van der Waals surface area (Å²) in [5.41, 5.74) is 0.148. The maximum absolute atomic E-state index is 13.9. The Kier molecular flexibility index (Phi) is 3.99. The molecule has 0 aliphatic heterocycles. The van der Waals surface area contributed by atoms with Crippen molar-refractivity contribution in [2.45, 2.75) is 39.3 Å². The zero-order valence-electron chi connectivity index (χ0n) is 11.6. The minimum atomic E-state index is -0.725. The number of aromatic nitrogens is 4. The highest BCUT2D eigenvalue weighted by Gasteiger charge is 2.21. The topological polar surface area (TPSA) is 72.9 Å². The number of aryl methyl sites for hydroxylation is 1. The van der Waals surface area contributed by atoms with Gasteiger partial charge in [0.05, 0.1) is 12.1 Å². The SMILES string of the molecule is CC[C@@H]([C@@H](C)O)n1ncn(-c2ncc(C)cc2F)c1=O. The summed E-state index contributed by atoms with van der Waals surface area (Å²) >= 11 is 0. The van der Waals surface area contributed by atoms with E-state index in [9.17, 15) is 14.3 Å². The smallest absolute Gasteiger partial charge is 0.352 e. The molecule has 0 aromatic carbocycles. The van der Waals surface area contributed by atoms with E-state index in [1.807, 2.05) is 6.92 Å². The molecule has 20 heavy (non-hydrogen) atoms. The largest absolute Gasteiger partial charge is 0.391 e. The zero-order valence-corrected chi connectivity index (χ0v) is 11.6. The molecule has 2 heterocycles. The number of nitrogens with zero attached hydrogens (tertiary/aromatic N) is 4. The minimum absolute atomic E-state index is 0.0905. The van der Waals surface area contributed by atoms with Crippen molar-refractivity contribution in [1.82, 2.24) is 19.3 Å². The van der Waals surface area contributed by atoms with Crippen LogP contribution in [0.25, 0.3) is 5.82 Å². The van der Waals surface area contributed by atoms with Crippen molar-refractivity contribution >= 4 is 0 Å². The van der Waals surface area contributed by atoms with E-state index >= 15 is 0 Å². The highest BCUT2D eigenvalue weighted by Crippen LogP contribution is 2.14. The first kappa shape index (κ1) is 14.4. The monoisotopic (exact) mass is 280 g/mol. The normalized spacial score (nSPS) is 14.2. The van der Waals surface area contributed by atoms with Crippen molar-refractivity contribution in [2.24, 2.45) is 0 Å². The van der Waals surface area contributed by atoms with Crippen LogP contribution in [0.4, 0.5) is 4.39 Å². The van der Waals surface area contributed by atoms with Gasteiger partial charge in [-0.25, -0.2) is 23.4 Å². The molecule has 0 saturated heterocycles. The third kappa shape index (κ3) is 2.49. The van der Waals surface area contributed by atoms with Gasteiger partial charge in [0, 0.05) is 6.20 Å². The van der Waals surface area contributed by atoms with E-state index in [0.717, 1.165) is 9.25 Å². The van der Waals surface area contributed by atoms with Gasteiger partial charge in [0.1, 0.15) is 6.33 Å². The van der Waals surface area contributed by atoms with Crippen LogP contribution < -0.4 is 5.69 Å². The van der Waals surface area contributed by atoms with Gasteiger partial charge >= 0.3 is 5.69 Å². The van der Waals surface area contributed by atoms with E-state index in [0.29, 0.717) is 12.0 Å². The van der Waals surface area contributed by atoms with E-state index in [2.05, 4.69) is 10.1 Å². The van der Waals surface area contributed by atoms with Crippen LogP contribution in [0.5, 0.6) is 0 Å². The molecule has 2 aromatic rings. The summed E-state index contributed by atoms with van der Waals surface area (Å²) < 4.78 is 16.1. The summed E-state index contributed by atoms with van der Waals surface area (Å²) in [4.78, 5) is 16.2. The van der Waals surface area contributed by atoms with Crippen molar-refractivity contribution in [1.29, 1.82) is 0 Å². The molecular weight excluding hydrogens is 263 g/mol. The number of aliphatic hydroxyl groups is 1. The van der Waals surface area contributed by atoms with Crippen LogP contribution >= 0.6 is 0 Å². The lowest BCUT2D eigenvalue weighted by Gasteiger charge is -2.16. The second-order valence-corrected chi connectivity index (χ2v) is 4.76. The highest BCUT2D eigenvalue weighted by atomic mass is 19.1. The molecule has 6 nitrogen and oxygen atoms in total. The maximum Gasteiger partial charge on any atom is 0.352 e. The molecule has 0 radical (unpaired) electrons. The van der Waals surface area contributed by atoms with Crippen molar-refractivity contribution in [3.8, 4) is 5.82 Å². The fourth-order valence-electron chi connectivity index (χ4n) is 2.11. The van der Waals surface area contributed by atoms with Crippen LogP contribution in [0.15, 0.2) is 23.4 Å². The third-order valence-corrected chi connectivity index (χ3v) is 3.17. The van der Waals surface area contributed by atoms with Crippen LogP contribution in [-0.2, 0) is 0 Å². The first-order chi connectivity index (χ1) is 9.45. The number of pyridine rings is 1. The first-order valence-corrected chi connectivity index (χ1v) is 6.42. The Hall–Kier alpha value is -2.02. The minimum Gasteiger partial charge on any atom is -0.391 e. The molecule has 1 N–H and O–H groups in total. The van der Waals surface area contributed by atoms with Gasteiger partial charge in [-0.1, -0.05) is 6.92 Å². The maximum atomic E-state index is 13.9. The molecule has 2 rings (SSSR count). The molecule has 0 bridgehead atoms. The molecule has 0 fully saturated rings. The Bertz CT molecular complexity index is 663. The second kappa shape index (κ2) is 5.54. The molecule has 0 saturated carbocycles. The van der Waals surface area contributed by atoms with E-state index in [1.165, 1.54) is 18.6 Å². The van der Waals surface area contributed by atoms with Crippen LogP contribution in [-0.4, -0.2) is 30.5 Å². The summed E-state index contributed by atoms with van der Waals surface area (Å²) in [6.45, 7) is 5.14. The quantitative estimate of drug-likeness (QED) is 0.913. The molecule has 0 spiro atoms. The lowest BCUT2D eigenvalue weighted by atomic mass is 10.1. The Balaban J connectivity index is 2.51. The Morgan fingerprint density at radius 2 is 2.20 bits per heavy atom. The first-order valence-electron chi connectivity index (χ1n) is 6.42. The van der Waals surface area contributed by atoms with Gasteiger partial charge in [0.25, 0.3) is 0 Å². The van der Waals surface area contributed by atoms with Crippen molar-refractivity contribution in [2.75, 3.05) is 0 Å². The number of hydrogen-bond acceptors (Lipinski definition) is 4. The van der Waals surface area contributed by atoms with Gasteiger partial charge in [-0.15, -0.1) is 0 Å². The summed E-state index contributed by atoms with van der Waals surface area (Å²) in [5.74, 6) is -0.677. The summed E-state index contributed by atoms with van der Waals surface area (Å²) in [7, 11) is 0.